The largest absolute Gasteiger partial charge is 0.480 e. The number of hydrogen-bond donors (Lipinski definition) is 1. The van der Waals surface area contributed by atoms with Gasteiger partial charge in [0.05, 0.1) is 0 Å². The second-order valence-electron chi connectivity index (χ2n) is 5.54. The van der Waals surface area contributed by atoms with Crippen molar-refractivity contribution >= 4 is 12.0 Å². The van der Waals surface area contributed by atoms with Gasteiger partial charge < -0.3 is 19.8 Å². The van der Waals surface area contributed by atoms with Gasteiger partial charge in [0.1, 0.15) is 6.54 Å². The molecule has 0 spiro atoms. The van der Waals surface area contributed by atoms with Crippen molar-refractivity contribution in [2.45, 2.75) is 38.8 Å². The molecule has 1 aliphatic heterocycles. The molecule has 19 heavy (non-hydrogen) atoms. The highest BCUT2D eigenvalue weighted by molar-refractivity contribution is 5.80. The molecule has 1 saturated heterocycles. The highest BCUT2D eigenvalue weighted by atomic mass is 16.4. The molecule has 6 heteroatoms. The maximum Gasteiger partial charge on any atom is 0.323 e. The third kappa shape index (κ3) is 4.38. The third-order valence-electron chi connectivity index (χ3n) is 3.71. The van der Waals surface area contributed by atoms with Crippen LogP contribution in [0.15, 0.2) is 0 Å². The Morgan fingerprint density at radius 3 is 2.26 bits per heavy atom. The van der Waals surface area contributed by atoms with Crippen molar-refractivity contribution in [3.05, 3.63) is 0 Å². The minimum absolute atomic E-state index is 0.114. The summed E-state index contributed by atoms with van der Waals surface area (Å²) < 4.78 is 0. The van der Waals surface area contributed by atoms with E-state index in [0.717, 1.165) is 25.9 Å². The lowest BCUT2D eigenvalue weighted by molar-refractivity contribution is -0.138. The highest BCUT2D eigenvalue weighted by Crippen LogP contribution is 2.16. The molecule has 0 unspecified atom stereocenters. The summed E-state index contributed by atoms with van der Waals surface area (Å²) in [5.41, 5.74) is 0. The lowest BCUT2D eigenvalue weighted by Gasteiger charge is -2.38. The van der Waals surface area contributed by atoms with Gasteiger partial charge in [0, 0.05) is 19.1 Å². The van der Waals surface area contributed by atoms with Crippen LogP contribution in [0.4, 0.5) is 4.79 Å². The highest BCUT2D eigenvalue weighted by Gasteiger charge is 2.29. The normalized spacial score (nSPS) is 17.5. The van der Waals surface area contributed by atoms with Crippen LogP contribution in [0.3, 0.4) is 0 Å². The number of carboxylic acids is 1. The maximum absolute atomic E-state index is 12.4. The number of aliphatic carboxylic acids is 1. The van der Waals surface area contributed by atoms with Crippen molar-refractivity contribution in [1.82, 2.24) is 14.7 Å². The molecule has 0 aromatic heterocycles. The van der Waals surface area contributed by atoms with E-state index in [4.69, 9.17) is 5.11 Å². The summed E-state index contributed by atoms with van der Waals surface area (Å²) >= 11 is 0. The molecule has 0 aromatic carbocycles. The summed E-state index contributed by atoms with van der Waals surface area (Å²) in [7, 11) is 3.85. The molecule has 6 nitrogen and oxygen atoms in total. The van der Waals surface area contributed by atoms with Gasteiger partial charge >= 0.3 is 12.0 Å². The summed E-state index contributed by atoms with van der Waals surface area (Å²) in [4.78, 5) is 28.6. The molecule has 0 aromatic rings. The number of piperidine rings is 1. The van der Waals surface area contributed by atoms with E-state index in [2.05, 4.69) is 11.9 Å². The van der Waals surface area contributed by atoms with Crippen LogP contribution >= 0.6 is 0 Å². The first-order valence-electron chi connectivity index (χ1n) is 6.76. The smallest absolute Gasteiger partial charge is 0.323 e. The van der Waals surface area contributed by atoms with Gasteiger partial charge in [-0.15, -0.1) is 0 Å². The molecule has 1 N–H and O–H groups in total. The van der Waals surface area contributed by atoms with E-state index in [9.17, 15) is 9.59 Å². The minimum Gasteiger partial charge on any atom is -0.480 e. The van der Waals surface area contributed by atoms with E-state index in [0.29, 0.717) is 0 Å². The van der Waals surface area contributed by atoms with Crippen LogP contribution in [0, 0.1) is 0 Å². The molecule has 0 bridgehead atoms. The van der Waals surface area contributed by atoms with Crippen molar-refractivity contribution in [2.24, 2.45) is 0 Å². The molecule has 1 heterocycles. The van der Waals surface area contributed by atoms with Gasteiger partial charge in [-0.1, -0.05) is 0 Å². The molecule has 0 aliphatic carbocycles. The summed E-state index contributed by atoms with van der Waals surface area (Å²) in [6.07, 6.45) is 1.88. The fourth-order valence-corrected chi connectivity index (χ4v) is 2.36. The Hall–Kier alpha value is -1.30. The van der Waals surface area contributed by atoms with E-state index < -0.39 is 5.97 Å². The number of rotatable bonds is 4. The van der Waals surface area contributed by atoms with Gasteiger partial charge in [-0.3, -0.25) is 4.79 Å². The first-order chi connectivity index (χ1) is 8.82. The fourth-order valence-electron chi connectivity index (χ4n) is 2.36. The fraction of sp³-hybridized carbons (Fsp3) is 0.846. The van der Waals surface area contributed by atoms with Crippen LogP contribution in [-0.4, -0.2) is 77.6 Å². The maximum atomic E-state index is 12.4. The number of hydrogen-bond acceptors (Lipinski definition) is 3. The molecule has 0 radical (unpaired) electrons. The zero-order chi connectivity index (χ0) is 14.6. The molecular weight excluding hydrogens is 246 g/mol. The van der Waals surface area contributed by atoms with Crippen molar-refractivity contribution in [1.29, 1.82) is 0 Å². The Balaban J connectivity index is 2.65. The topological polar surface area (TPSA) is 64.1 Å². The number of nitrogens with zero attached hydrogens (tertiary/aromatic N) is 3. The third-order valence-corrected chi connectivity index (χ3v) is 3.71. The van der Waals surface area contributed by atoms with Crippen molar-refractivity contribution < 1.29 is 14.7 Å². The standard InChI is InChI=1S/C13H25N3O3/c1-10(2)16(9-12(17)18)13(19)15(4)11-5-7-14(3)8-6-11/h10-11H,5-9H2,1-4H3,(H,17,18). The zero-order valence-electron chi connectivity index (χ0n) is 12.3. The minimum atomic E-state index is -0.973. The Morgan fingerprint density at radius 1 is 1.32 bits per heavy atom. The van der Waals surface area contributed by atoms with E-state index in [1.807, 2.05) is 13.8 Å². The average Bonchev–Trinajstić information content (AvgIpc) is 2.34. The summed E-state index contributed by atoms with van der Waals surface area (Å²) in [6, 6.07) is -0.0944. The summed E-state index contributed by atoms with van der Waals surface area (Å²) in [5, 5.41) is 8.89. The predicted octanol–water partition coefficient (Wildman–Crippen LogP) is 0.927. The second kappa shape index (κ2) is 6.75. The number of amides is 2. The Kier molecular flexibility index (Phi) is 5.60. The lowest BCUT2D eigenvalue weighted by Crippen LogP contribution is -2.52. The van der Waals surface area contributed by atoms with Crippen LogP contribution in [0.1, 0.15) is 26.7 Å². The first kappa shape index (κ1) is 15.8. The van der Waals surface area contributed by atoms with Crippen LogP contribution in [0.2, 0.25) is 0 Å². The van der Waals surface area contributed by atoms with Gasteiger partial charge in [0.25, 0.3) is 0 Å². The molecule has 1 rings (SSSR count). The van der Waals surface area contributed by atoms with Gasteiger partial charge in [0.2, 0.25) is 0 Å². The quantitative estimate of drug-likeness (QED) is 0.826. The number of likely N-dealkylation sites (tertiary alicyclic amines) is 1. The van der Waals surface area contributed by atoms with Crippen LogP contribution in [0.25, 0.3) is 0 Å². The zero-order valence-corrected chi connectivity index (χ0v) is 12.3. The average molecular weight is 271 g/mol. The van der Waals surface area contributed by atoms with Crippen LogP contribution in [-0.2, 0) is 4.79 Å². The number of carbonyl (C=O) groups excluding carboxylic acids is 1. The van der Waals surface area contributed by atoms with Crippen LogP contribution < -0.4 is 0 Å². The van der Waals surface area contributed by atoms with Gasteiger partial charge in [-0.05, 0) is 46.8 Å². The van der Waals surface area contributed by atoms with E-state index >= 15 is 0 Å². The van der Waals surface area contributed by atoms with Crippen molar-refractivity contribution in [3.8, 4) is 0 Å². The molecule has 0 saturated carbocycles. The molecule has 2 amide bonds. The SMILES string of the molecule is CC(C)N(CC(=O)O)C(=O)N(C)C1CCN(C)CC1. The molecule has 1 fully saturated rings. The van der Waals surface area contributed by atoms with Crippen molar-refractivity contribution in [2.75, 3.05) is 33.7 Å². The molecule has 1 aliphatic rings. The molecular formula is C13H25N3O3. The van der Waals surface area contributed by atoms with Gasteiger partial charge in [-0.25, -0.2) is 4.79 Å². The Labute approximate surface area is 115 Å². The van der Waals surface area contributed by atoms with Crippen molar-refractivity contribution in [3.63, 3.8) is 0 Å². The summed E-state index contributed by atoms with van der Waals surface area (Å²) in [5.74, 6) is -0.973. The monoisotopic (exact) mass is 271 g/mol. The van der Waals surface area contributed by atoms with Crippen LogP contribution in [0.5, 0.6) is 0 Å². The first-order valence-corrected chi connectivity index (χ1v) is 6.76. The Morgan fingerprint density at radius 2 is 1.84 bits per heavy atom. The summed E-state index contributed by atoms with van der Waals surface area (Å²) in [6.45, 7) is 5.38. The number of carbonyl (C=O) groups is 2. The molecule has 0 atom stereocenters. The predicted molar refractivity (Wildman–Crippen MR) is 73.2 cm³/mol. The lowest BCUT2D eigenvalue weighted by atomic mass is 10.0. The molecule has 110 valence electrons. The van der Waals surface area contributed by atoms with E-state index in [-0.39, 0.29) is 24.7 Å². The number of carboxylic acid groups (broad SMARTS) is 1. The van der Waals surface area contributed by atoms with E-state index in [1.54, 1.807) is 11.9 Å². The second-order valence-corrected chi connectivity index (χ2v) is 5.54. The van der Waals surface area contributed by atoms with E-state index in [1.165, 1.54) is 4.90 Å². The number of urea groups is 1. The van der Waals surface area contributed by atoms with Gasteiger partial charge in [0.15, 0.2) is 0 Å². The van der Waals surface area contributed by atoms with Gasteiger partial charge in [-0.2, -0.15) is 0 Å². The Bertz CT molecular complexity index is 325.